The number of nitrogens with zero attached hydrogens (tertiary/aromatic N) is 9. The molecule has 1 saturated heterocycles. The number of fused-ring (bicyclic) bond motifs is 2. The Bertz CT molecular complexity index is 6180. The van der Waals surface area contributed by atoms with Crippen LogP contribution in [0.5, 0.6) is 0 Å². The Hall–Kier alpha value is -7.65. The number of benzene rings is 4. The number of carbonyl (C=O) groups excluding carboxylic acids is 4. The number of halogens is 10. The second-order valence-corrected chi connectivity index (χ2v) is 31.1. The van der Waals surface area contributed by atoms with Gasteiger partial charge in [-0.15, -0.1) is 12.6 Å². The fraction of sp³-hybridized carbons (Fsp3) is 0.175. The number of ether oxygens (including phenoxy) is 1. The minimum atomic E-state index is -0.475. The summed E-state index contributed by atoms with van der Waals surface area (Å²) in [4.78, 5) is 128. The number of hydrogen-bond donors (Lipinski definition) is 8. The Morgan fingerprint density at radius 1 is 0.483 bits per heavy atom. The second kappa shape index (κ2) is 43.2. The molecule has 0 unspecified atom stereocenters. The molecule has 0 saturated carbocycles. The molecule has 0 bridgehead atoms. The molecule has 4 aromatic carbocycles. The van der Waals surface area contributed by atoms with Gasteiger partial charge in [-0.3, -0.25) is 38.5 Å². The van der Waals surface area contributed by atoms with Crippen molar-refractivity contribution in [1.82, 2.24) is 69.8 Å². The van der Waals surface area contributed by atoms with E-state index in [1.165, 1.54) is 24.5 Å². The number of hydrogen-bond acceptors (Lipinski definition) is 18. The number of amides is 4. The van der Waals surface area contributed by atoms with E-state index in [1.54, 1.807) is 108 Å². The van der Waals surface area contributed by atoms with Crippen LogP contribution < -0.4 is 59.3 Å². The molecule has 2 radical (unpaired) electrons. The number of nitrogen functional groups attached to an aromatic ring is 1. The van der Waals surface area contributed by atoms with E-state index in [-0.39, 0.29) is 134 Å². The van der Waals surface area contributed by atoms with Crippen LogP contribution in [0.1, 0.15) is 69.4 Å². The number of anilines is 3. The van der Waals surface area contributed by atoms with Gasteiger partial charge in [0, 0.05) is 188 Å². The smallest absolute Gasteiger partial charge is 0.257 e. The van der Waals surface area contributed by atoms with Crippen molar-refractivity contribution in [1.29, 1.82) is 0 Å². The van der Waals surface area contributed by atoms with Crippen molar-refractivity contribution in [3.05, 3.63) is 312 Å². The van der Waals surface area contributed by atoms with Crippen LogP contribution in [0.3, 0.4) is 0 Å². The number of aromatic nitrogens is 9. The van der Waals surface area contributed by atoms with Crippen LogP contribution in [0.15, 0.2) is 191 Å². The summed E-state index contributed by atoms with van der Waals surface area (Å²) < 4.78 is 12.4. The maximum Gasteiger partial charge on any atom is 0.257 e. The number of pyridine rings is 9. The van der Waals surface area contributed by atoms with E-state index < -0.39 is 28.6 Å². The average Bonchev–Trinajstić information content (AvgIpc) is 0.764. The first-order valence-corrected chi connectivity index (χ1v) is 40.3. The van der Waals surface area contributed by atoms with E-state index in [0.717, 1.165) is 46.6 Å². The minimum Gasteiger partial charge on any atom is -0.419 e. The first-order valence-electron chi connectivity index (χ1n) is 35.3. The van der Waals surface area contributed by atoms with E-state index in [9.17, 15) is 38.4 Å². The molecule has 26 nitrogen and oxygen atoms in total. The van der Waals surface area contributed by atoms with Gasteiger partial charge in [-0.05, 0) is 154 Å². The molecule has 13 aromatic rings. The van der Waals surface area contributed by atoms with Gasteiger partial charge in [0.15, 0.2) is 21.3 Å². The maximum atomic E-state index is 13.3. The maximum absolute atomic E-state index is 13.3. The molecule has 118 heavy (non-hydrogen) atoms. The molecule has 3 aliphatic heterocycles. The summed E-state index contributed by atoms with van der Waals surface area (Å²) in [6.45, 7) is 11.7. The van der Waals surface area contributed by atoms with E-state index in [0.29, 0.717) is 153 Å². The largest absolute Gasteiger partial charge is 0.419 e. The van der Waals surface area contributed by atoms with Crippen LogP contribution in [0, 0.1) is 13.1 Å². The number of aromatic amines is 1. The first kappa shape index (κ1) is 92.6. The van der Waals surface area contributed by atoms with Gasteiger partial charge in [0.25, 0.3) is 23.6 Å². The van der Waals surface area contributed by atoms with E-state index in [1.807, 2.05) is 39.5 Å². The third-order valence-corrected chi connectivity index (χ3v) is 21.2. The van der Waals surface area contributed by atoms with E-state index >= 15 is 0 Å². The van der Waals surface area contributed by atoms with E-state index in [4.69, 9.17) is 96.7 Å². The molecule has 16 rings (SSSR count). The number of morpholine rings is 1. The molecule has 38 heteroatoms. The summed E-state index contributed by atoms with van der Waals surface area (Å²) >= 11 is 50.7. The molecular weight excluding hydrogens is 2010 g/mol. The van der Waals surface area contributed by atoms with Crippen LogP contribution in [-0.4, -0.2) is 112 Å². The molecule has 12 heterocycles. The van der Waals surface area contributed by atoms with Crippen molar-refractivity contribution in [3.63, 3.8) is 0 Å². The standard InChI is InChI=1S/C23H24ClN5O3.C18H13BrCl2N3O2.C18H14ClN4O2.C16H10BrCl2N3O2.C5H4BrClN2.2Y/c24-16-3-1-15(2-4-16)12-26-23(31)19-14-29-6-5-25-22-20(29)18(21(19)30)11-17(27-22)13-28-7-9-32-10-8-28;1-2-24-9-13(16(25)12-7-14(19)23-17(21)15(12)24)18(26)22-8-10-3-5-11(20)6-4-10;19-12-3-1-11(2-4-12)9-22-18(25)14-10-23-8-7-21-17-15(23)13(16(14)24)5-6-20-17;17-12-5-10-13(15(19)22-12)20-7-11(14(10)23)16(24)21-6-8-1-3-9(18)4-2-8;6-4-2-1-3(8)5(7)9-4;;/h1-4,11,14H,5-10,12-13H2,(H,25,27)(H,26,31);3-7,9H,1-2,8H2,(H,22,26);1-5,10H,7-9H2,(H,20,21)(H,22,25);1-5,7H,6H2,(H,20,23)(H,21,24);1-2H,8H2;;/q;2*-1;;;;. The van der Waals surface area contributed by atoms with Crippen LogP contribution >= 0.6 is 129 Å². The van der Waals surface area contributed by atoms with Gasteiger partial charge in [0.05, 0.1) is 62.9 Å². The molecule has 9 aromatic heterocycles. The molecule has 4 amide bonds. The predicted octanol–water partition coefficient (Wildman–Crippen LogP) is 14.7. The third-order valence-electron chi connectivity index (χ3n) is 18.1. The number of carbonyl (C=O) groups is 4. The summed E-state index contributed by atoms with van der Waals surface area (Å²) in [7, 11) is 0. The van der Waals surface area contributed by atoms with Crippen molar-refractivity contribution in [2.75, 3.05) is 55.8 Å². The summed E-state index contributed by atoms with van der Waals surface area (Å²) in [5.74, 6) is -0.420. The third kappa shape index (κ3) is 23.5. The zero-order valence-electron chi connectivity index (χ0n) is 61.8. The number of nitrogens with one attached hydrogen (secondary N) is 7. The minimum absolute atomic E-state index is 0. The van der Waals surface area contributed by atoms with Gasteiger partial charge < -0.3 is 77.8 Å². The van der Waals surface area contributed by atoms with Crippen molar-refractivity contribution >= 4 is 214 Å². The Balaban J connectivity index is 0.000000160. The predicted molar refractivity (Wildman–Crippen MR) is 465 cm³/mol. The van der Waals surface area contributed by atoms with Crippen molar-refractivity contribution in [2.45, 2.75) is 52.4 Å². The van der Waals surface area contributed by atoms with Gasteiger partial charge in [-0.25, -0.2) is 19.9 Å². The Kier molecular flexibility index (Phi) is 33.9. The molecule has 1 fully saturated rings. The molecule has 3 aliphatic rings. The Morgan fingerprint density at radius 2 is 0.898 bits per heavy atom. The monoisotopic (exact) mass is 2070 g/mol. The normalized spacial score (nSPS) is 12.4. The quantitative estimate of drug-likeness (QED) is 0.0349. The van der Waals surface area contributed by atoms with Gasteiger partial charge in [-0.2, -0.15) is 0 Å². The van der Waals surface area contributed by atoms with Crippen molar-refractivity contribution < 1.29 is 89.3 Å². The molecule has 602 valence electrons. The Morgan fingerprint density at radius 3 is 1.37 bits per heavy atom. The van der Waals surface area contributed by atoms with Gasteiger partial charge in [0.1, 0.15) is 35.9 Å². The van der Waals surface area contributed by atoms with Crippen LogP contribution in [-0.2, 0) is 123 Å². The second-order valence-electron chi connectivity index (χ2n) is 25.9. The fourth-order valence-corrected chi connectivity index (χ4v) is 14.9. The number of H-pyrrole nitrogens is 1. The SMILES string of the molecule is Nc1ccc(Br)nc1Cl.O=C(NCc1ccc(Cl)cc1)c1c[nH]c2c(Cl)nc(Br)cc2c1=O.O=C(NCc1ccc(Cl)cc1)c1cn2c3c(n[c-]cc3c1=O)NCC2.O=C(NCc1ccc(Cl)cc1)c1cn2c3c(nc(CN4CCOCC4)cc3c1=O)NCC2.[CH2-]Cn1cc(C(=O)NCc2ccc(Cl)cc2)c(=O)c2cc(Br)nc(Cl)c21.[Y].[Y]. The molecule has 0 atom stereocenters. The van der Waals surface area contributed by atoms with Gasteiger partial charge >= 0.3 is 0 Å². The molecule has 0 aliphatic carbocycles. The van der Waals surface area contributed by atoms with Crippen molar-refractivity contribution in [3.8, 4) is 0 Å². The number of rotatable bonds is 15. The zero-order valence-corrected chi connectivity index (χ0v) is 77.6. The summed E-state index contributed by atoms with van der Waals surface area (Å²) in [6.07, 6.45) is 8.76. The van der Waals surface area contributed by atoms with Crippen molar-refractivity contribution in [2.24, 2.45) is 0 Å². The summed E-state index contributed by atoms with van der Waals surface area (Å²) in [5, 5.41) is 22.3. The van der Waals surface area contributed by atoms with Crippen LogP contribution in [0.25, 0.3) is 43.6 Å². The molecule has 0 spiro atoms. The molecule has 9 N–H and O–H groups in total. The average molecular weight is 2070 g/mol. The van der Waals surface area contributed by atoms with Crippen LogP contribution in [0.4, 0.5) is 17.3 Å². The fourth-order valence-electron chi connectivity index (χ4n) is 12.3. The van der Waals surface area contributed by atoms with Gasteiger partial charge in [-0.1, -0.05) is 141 Å². The zero-order chi connectivity index (χ0) is 82.4. The number of nitrogens with two attached hydrogens (primary N) is 1. The summed E-state index contributed by atoms with van der Waals surface area (Å²) in [6, 6.07) is 38.4. The Labute approximate surface area is 783 Å². The summed E-state index contributed by atoms with van der Waals surface area (Å²) in [5.41, 5.74) is 11.4. The van der Waals surface area contributed by atoms with Crippen LogP contribution in [0.2, 0.25) is 35.5 Å². The van der Waals surface area contributed by atoms with Gasteiger partial charge in [0.2, 0.25) is 16.3 Å². The van der Waals surface area contributed by atoms with E-state index in [2.05, 4.69) is 123 Å². The molecular formula is C80H65Br3Cl7N17O9Y2-2. The first-order chi connectivity index (χ1) is 55.8. The topological polar surface area (TPSA) is 342 Å².